The first kappa shape index (κ1) is 19.8. The van der Waals surface area contributed by atoms with Crippen LogP contribution in [0.25, 0.3) is 0 Å². The molecule has 0 aromatic heterocycles. The lowest BCUT2D eigenvalue weighted by atomic mass is 10.2. The number of hydrogen-bond donors (Lipinski definition) is 3. The number of carbonyl (C=O) groups is 2. The second kappa shape index (κ2) is 10.5. The Morgan fingerprint density at radius 1 is 1.25 bits per heavy atom. The number of nitrogens with zero attached hydrogens (tertiary/aromatic N) is 1. The number of nitriles is 1. The summed E-state index contributed by atoms with van der Waals surface area (Å²) >= 11 is 11.8. The van der Waals surface area contributed by atoms with E-state index in [9.17, 15) is 9.59 Å². The Morgan fingerprint density at radius 3 is 2.67 bits per heavy atom. The van der Waals surface area contributed by atoms with Crippen molar-refractivity contribution >= 4 is 40.8 Å². The van der Waals surface area contributed by atoms with Crippen molar-refractivity contribution in [1.29, 1.82) is 5.26 Å². The molecule has 0 aliphatic rings. The van der Waals surface area contributed by atoms with Gasteiger partial charge in [-0.25, -0.2) is 0 Å². The average Bonchev–Trinajstić information content (AvgIpc) is 2.53. The van der Waals surface area contributed by atoms with Gasteiger partial charge in [-0.15, -0.1) is 0 Å². The number of anilines is 1. The number of aliphatic carboxylic acids is 1. The Bertz CT molecular complexity index is 669. The molecule has 1 aromatic rings. The van der Waals surface area contributed by atoms with Gasteiger partial charge >= 0.3 is 5.97 Å². The molecule has 0 spiro atoms. The fraction of sp³-hybridized carbons (Fsp3) is 0.312. The highest BCUT2D eigenvalue weighted by Crippen LogP contribution is 2.25. The number of amides is 1. The van der Waals surface area contributed by atoms with E-state index in [1.165, 1.54) is 12.3 Å². The fourth-order valence-electron chi connectivity index (χ4n) is 1.79. The van der Waals surface area contributed by atoms with Crippen molar-refractivity contribution in [2.24, 2.45) is 0 Å². The molecule has 0 aliphatic carbocycles. The molecule has 0 saturated heterocycles. The van der Waals surface area contributed by atoms with Crippen molar-refractivity contribution in [1.82, 2.24) is 5.32 Å². The maximum atomic E-state index is 12.0. The van der Waals surface area contributed by atoms with Crippen LogP contribution in [0.5, 0.6) is 0 Å². The second-order valence-corrected chi connectivity index (χ2v) is 5.75. The number of carboxylic acid groups (broad SMARTS) is 1. The molecule has 0 bridgehead atoms. The standard InChI is InChI=1S/C16H17Cl2N3O3/c17-12-5-6-13(18)14(8-12)21-16(24)11(9-19)10-20-7-3-1-2-4-15(22)23/h5-6,8,10,20H,1-4,7H2,(H,21,24)(H,22,23)/b11-10-. The predicted octanol–water partition coefficient (Wildman–Crippen LogP) is 3.57. The fourth-order valence-corrected chi connectivity index (χ4v) is 2.12. The van der Waals surface area contributed by atoms with Gasteiger partial charge < -0.3 is 15.7 Å². The number of benzene rings is 1. The van der Waals surface area contributed by atoms with Crippen molar-refractivity contribution in [2.75, 3.05) is 11.9 Å². The van der Waals surface area contributed by atoms with Gasteiger partial charge in [0.15, 0.2) is 0 Å². The lowest BCUT2D eigenvalue weighted by molar-refractivity contribution is -0.137. The van der Waals surface area contributed by atoms with Crippen LogP contribution in [0.3, 0.4) is 0 Å². The maximum absolute atomic E-state index is 12.0. The van der Waals surface area contributed by atoms with E-state index >= 15 is 0 Å². The number of halogens is 2. The van der Waals surface area contributed by atoms with Gasteiger partial charge in [0.1, 0.15) is 11.6 Å². The number of rotatable bonds is 9. The van der Waals surface area contributed by atoms with Crippen molar-refractivity contribution in [3.63, 3.8) is 0 Å². The second-order valence-electron chi connectivity index (χ2n) is 4.91. The van der Waals surface area contributed by atoms with Gasteiger partial charge in [0, 0.05) is 24.2 Å². The number of nitrogens with one attached hydrogen (secondary N) is 2. The molecular weight excluding hydrogens is 353 g/mol. The summed E-state index contributed by atoms with van der Waals surface area (Å²) < 4.78 is 0. The Kier molecular flexibility index (Phi) is 8.69. The monoisotopic (exact) mass is 369 g/mol. The van der Waals surface area contributed by atoms with Crippen molar-refractivity contribution in [3.8, 4) is 6.07 Å². The van der Waals surface area contributed by atoms with Crippen molar-refractivity contribution in [3.05, 3.63) is 40.0 Å². The zero-order chi connectivity index (χ0) is 17.9. The molecule has 0 heterocycles. The van der Waals surface area contributed by atoms with E-state index in [0.717, 1.165) is 12.8 Å². The minimum atomic E-state index is -0.814. The molecule has 0 unspecified atom stereocenters. The molecule has 0 atom stereocenters. The zero-order valence-electron chi connectivity index (χ0n) is 12.8. The first-order chi connectivity index (χ1) is 11.4. The minimum absolute atomic E-state index is 0.100. The van der Waals surface area contributed by atoms with Gasteiger partial charge in [0.2, 0.25) is 0 Å². The molecule has 3 N–H and O–H groups in total. The normalized spacial score (nSPS) is 10.8. The molecular formula is C16H17Cl2N3O3. The largest absolute Gasteiger partial charge is 0.481 e. The Morgan fingerprint density at radius 2 is 2.00 bits per heavy atom. The molecule has 6 nitrogen and oxygen atoms in total. The molecule has 128 valence electrons. The summed E-state index contributed by atoms with van der Waals surface area (Å²) in [5.74, 6) is -1.41. The first-order valence-electron chi connectivity index (χ1n) is 7.26. The third kappa shape index (κ3) is 7.36. The molecule has 0 fully saturated rings. The number of unbranched alkanes of at least 4 members (excludes halogenated alkanes) is 2. The van der Waals surface area contributed by atoms with E-state index in [-0.39, 0.29) is 12.0 Å². The van der Waals surface area contributed by atoms with E-state index < -0.39 is 11.9 Å². The molecule has 0 aliphatic heterocycles. The van der Waals surface area contributed by atoms with E-state index in [1.807, 2.05) is 0 Å². The van der Waals surface area contributed by atoms with Crippen LogP contribution in [0, 0.1) is 11.3 Å². The quantitative estimate of drug-likeness (QED) is 0.350. The van der Waals surface area contributed by atoms with Crippen LogP contribution in [0.4, 0.5) is 5.69 Å². The third-order valence-electron chi connectivity index (χ3n) is 3.00. The van der Waals surface area contributed by atoms with Gasteiger partial charge in [0.25, 0.3) is 5.91 Å². The molecule has 1 rings (SSSR count). The van der Waals surface area contributed by atoms with Crippen LogP contribution < -0.4 is 10.6 Å². The third-order valence-corrected chi connectivity index (χ3v) is 3.56. The molecule has 0 radical (unpaired) electrons. The van der Waals surface area contributed by atoms with Gasteiger partial charge in [-0.3, -0.25) is 9.59 Å². The Labute approximate surface area is 150 Å². The molecule has 24 heavy (non-hydrogen) atoms. The maximum Gasteiger partial charge on any atom is 0.303 e. The van der Waals surface area contributed by atoms with Crippen LogP contribution >= 0.6 is 23.2 Å². The van der Waals surface area contributed by atoms with E-state index in [0.29, 0.717) is 28.7 Å². The molecule has 1 aromatic carbocycles. The summed E-state index contributed by atoms with van der Waals surface area (Å²) in [7, 11) is 0. The number of carboxylic acids is 1. The summed E-state index contributed by atoms with van der Waals surface area (Å²) in [6.45, 7) is 0.538. The summed E-state index contributed by atoms with van der Waals surface area (Å²) in [6, 6.07) is 6.43. The van der Waals surface area contributed by atoms with E-state index in [4.69, 9.17) is 33.6 Å². The van der Waals surface area contributed by atoms with Crippen LogP contribution in [-0.4, -0.2) is 23.5 Å². The topological polar surface area (TPSA) is 102 Å². The highest BCUT2D eigenvalue weighted by molar-refractivity contribution is 6.35. The highest BCUT2D eigenvalue weighted by atomic mass is 35.5. The van der Waals surface area contributed by atoms with Gasteiger partial charge in [0.05, 0.1) is 10.7 Å². The van der Waals surface area contributed by atoms with Gasteiger partial charge in [-0.2, -0.15) is 5.26 Å². The van der Waals surface area contributed by atoms with Crippen LogP contribution in [-0.2, 0) is 9.59 Å². The van der Waals surface area contributed by atoms with Gasteiger partial charge in [-0.05, 0) is 31.0 Å². The molecule has 1 amide bonds. The predicted molar refractivity (Wildman–Crippen MR) is 92.9 cm³/mol. The first-order valence-corrected chi connectivity index (χ1v) is 8.01. The summed E-state index contributed by atoms with van der Waals surface area (Å²) in [4.78, 5) is 22.4. The SMILES string of the molecule is N#C/C(=C/NCCCCCC(=O)O)C(=O)Nc1cc(Cl)ccc1Cl. The van der Waals surface area contributed by atoms with Gasteiger partial charge in [-0.1, -0.05) is 29.6 Å². The lowest BCUT2D eigenvalue weighted by Crippen LogP contribution is -2.17. The Hall–Kier alpha value is -2.23. The lowest BCUT2D eigenvalue weighted by Gasteiger charge is -2.07. The minimum Gasteiger partial charge on any atom is -0.481 e. The highest BCUT2D eigenvalue weighted by Gasteiger charge is 2.11. The van der Waals surface area contributed by atoms with Crippen molar-refractivity contribution < 1.29 is 14.7 Å². The summed E-state index contributed by atoms with van der Waals surface area (Å²) in [5.41, 5.74) is 0.223. The van der Waals surface area contributed by atoms with Crippen molar-refractivity contribution in [2.45, 2.75) is 25.7 Å². The smallest absolute Gasteiger partial charge is 0.303 e. The van der Waals surface area contributed by atoms with Crippen LogP contribution in [0.15, 0.2) is 30.0 Å². The Balaban J connectivity index is 2.47. The van der Waals surface area contributed by atoms with Crippen LogP contribution in [0.1, 0.15) is 25.7 Å². The summed E-state index contributed by atoms with van der Waals surface area (Å²) in [5, 5.41) is 23.7. The van der Waals surface area contributed by atoms with E-state index in [1.54, 1.807) is 18.2 Å². The van der Waals surface area contributed by atoms with Crippen LogP contribution in [0.2, 0.25) is 10.0 Å². The number of carbonyl (C=O) groups excluding carboxylic acids is 1. The molecule has 8 heteroatoms. The van der Waals surface area contributed by atoms with E-state index in [2.05, 4.69) is 10.6 Å². The summed E-state index contributed by atoms with van der Waals surface area (Å²) in [6.07, 6.45) is 3.55. The molecule has 0 saturated carbocycles. The number of hydrogen-bond acceptors (Lipinski definition) is 4. The zero-order valence-corrected chi connectivity index (χ0v) is 14.3. The average molecular weight is 370 g/mol.